The Morgan fingerprint density at radius 2 is 1.73 bits per heavy atom. The molecule has 8 heteroatoms. The lowest BCUT2D eigenvalue weighted by molar-refractivity contribution is 0.440. The lowest BCUT2D eigenvalue weighted by Gasteiger charge is -2.10. The van der Waals surface area contributed by atoms with E-state index in [4.69, 9.17) is 4.74 Å². The summed E-state index contributed by atoms with van der Waals surface area (Å²) in [7, 11) is 0. The van der Waals surface area contributed by atoms with Gasteiger partial charge in [0.25, 0.3) is 0 Å². The molecule has 138 valence electrons. The highest BCUT2D eigenvalue weighted by Crippen LogP contribution is 2.21. The van der Waals surface area contributed by atoms with Gasteiger partial charge in [-0.05, 0) is 42.8 Å². The van der Waals surface area contributed by atoms with E-state index in [0.29, 0.717) is 18.1 Å². The molecule has 3 aromatic rings. The van der Waals surface area contributed by atoms with Gasteiger partial charge in [0.1, 0.15) is 17.4 Å². The molecular weight excluding hydrogens is 357 g/mol. The number of aromatic nitrogens is 2. The maximum Gasteiger partial charge on any atom is 0.324 e. The average Bonchev–Trinajstić information content (AvgIpc) is 2.56. The zero-order valence-electron chi connectivity index (χ0n) is 14.0. The molecular formula is C18H20FN3O3S. The molecule has 0 bridgehead atoms. The number of halogens is 1. The first kappa shape index (κ1) is 21.4. The summed E-state index contributed by atoms with van der Waals surface area (Å²) in [6.45, 7) is 2.45. The Morgan fingerprint density at radius 1 is 1.04 bits per heavy atom. The van der Waals surface area contributed by atoms with E-state index in [9.17, 15) is 4.39 Å². The van der Waals surface area contributed by atoms with Crippen LogP contribution in [0.4, 0.5) is 10.2 Å². The van der Waals surface area contributed by atoms with Crippen molar-refractivity contribution < 1.29 is 20.1 Å². The molecule has 0 spiro atoms. The summed E-state index contributed by atoms with van der Waals surface area (Å²) < 4.78 is 18.5. The highest BCUT2D eigenvalue weighted by Gasteiger charge is 2.06. The lowest BCUT2D eigenvalue weighted by atomic mass is 10.2. The smallest absolute Gasteiger partial charge is 0.324 e. The zero-order valence-corrected chi connectivity index (χ0v) is 14.9. The molecule has 0 fully saturated rings. The molecule has 0 unspecified atom stereocenters. The predicted molar refractivity (Wildman–Crippen MR) is 101 cm³/mol. The van der Waals surface area contributed by atoms with Crippen LogP contribution in [0.5, 0.6) is 11.8 Å². The van der Waals surface area contributed by atoms with E-state index in [0.717, 1.165) is 16.2 Å². The molecule has 6 nitrogen and oxygen atoms in total. The molecule has 0 aliphatic carbocycles. The largest absolute Gasteiger partial charge is 0.424 e. The van der Waals surface area contributed by atoms with Crippen LogP contribution in [0.2, 0.25) is 0 Å². The summed E-state index contributed by atoms with van der Waals surface area (Å²) in [4.78, 5) is 9.49. The van der Waals surface area contributed by atoms with Crippen LogP contribution in [-0.2, 0) is 6.54 Å². The standard InChI is InChI=1S/C18H16FN3OS.2H2O/c1-12-10-17(20-11-13-4-2-3-5-16(13)24)22-18(21-12)23-15-8-6-14(19)7-9-15;;/h2-10,24H,11H2,1H3,(H,20,21,22);2*1H2. The quantitative estimate of drug-likeness (QED) is 0.666. The highest BCUT2D eigenvalue weighted by atomic mass is 32.1. The van der Waals surface area contributed by atoms with Gasteiger partial charge in [-0.15, -0.1) is 12.6 Å². The van der Waals surface area contributed by atoms with Crippen LogP contribution in [0.15, 0.2) is 59.5 Å². The minimum Gasteiger partial charge on any atom is -0.424 e. The molecule has 0 saturated heterocycles. The lowest BCUT2D eigenvalue weighted by Crippen LogP contribution is -2.04. The number of hydrogen-bond donors (Lipinski definition) is 2. The van der Waals surface area contributed by atoms with Crippen molar-refractivity contribution in [2.45, 2.75) is 18.4 Å². The van der Waals surface area contributed by atoms with E-state index in [1.54, 1.807) is 0 Å². The second kappa shape index (κ2) is 9.71. The number of anilines is 1. The summed E-state index contributed by atoms with van der Waals surface area (Å²) in [6, 6.07) is 15.6. The van der Waals surface area contributed by atoms with Crippen LogP contribution in [0.3, 0.4) is 0 Å². The molecule has 0 aliphatic rings. The molecule has 0 amide bonds. The molecule has 0 atom stereocenters. The number of aryl methyl sites for hydroxylation is 1. The van der Waals surface area contributed by atoms with Crippen LogP contribution < -0.4 is 10.1 Å². The molecule has 26 heavy (non-hydrogen) atoms. The normalized spacial score (nSPS) is 9.65. The minimum absolute atomic E-state index is 0. The third kappa shape index (κ3) is 5.69. The van der Waals surface area contributed by atoms with Gasteiger partial charge in [0.2, 0.25) is 0 Å². The highest BCUT2D eigenvalue weighted by molar-refractivity contribution is 7.80. The van der Waals surface area contributed by atoms with Gasteiger partial charge in [-0.2, -0.15) is 4.98 Å². The van der Waals surface area contributed by atoms with Crippen LogP contribution in [0.25, 0.3) is 0 Å². The van der Waals surface area contributed by atoms with Crippen molar-refractivity contribution in [2.75, 3.05) is 5.32 Å². The molecule has 1 aromatic heterocycles. The molecule has 5 N–H and O–H groups in total. The topological polar surface area (TPSA) is 110 Å². The first-order chi connectivity index (χ1) is 11.6. The molecule has 0 saturated carbocycles. The molecule has 0 aliphatic heterocycles. The van der Waals surface area contributed by atoms with Crippen LogP contribution in [0, 0.1) is 12.7 Å². The average molecular weight is 377 g/mol. The fourth-order valence-electron chi connectivity index (χ4n) is 2.13. The van der Waals surface area contributed by atoms with Crippen molar-refractivity contribution >= 4 is 18.4 Å². The van der Waals surface area contributed by atoms with Gasteiger partial charge in [0, 0.05) is 23.2 Å². The van der Waals surface area contributed by atoms with Gasteiger partial charge in [0.05, 0.1) is 0 Å². The summed E-state index contributed by atoms with van der Waals surface area (Å²) >= 11 is 4.43. The van der Waals surface area contributed by atoms with Crippen molar-refractivity contribution in [3.8, 4) is 11.8 Å². The number of hydrogen-bond acceptors (Lipinski definition) is 5. The van der Waals surface area contributed by atoms with E-state index in [-0.39, 0.29) is 22.8 Å². The number of nitrogens with one attached hydrogen (secondary N) is 1. The Labute approximate surface area is 156 Å². The van der Waals surface area contributed by atoms with Crippen molar-refractivity contribution in [3.63, 3.8) is 0 Å². The summed E-state index contributed by atoms with van der Waals surface area (Å²) in [6.07, 6.45) is 0. The third-order valence-corrected chi connectivity index (χ3v) is 3.74. The van der Waals surface area contributed by atoms with Crippen LogP contribution in [0.1, 0.15) is 11.3 Å². The molecule has 0 radical (unpaired) electrons. The second-order valence-corrected chi connectivity index (χ2v) is 5.70. The third-order valence-electron chi connectivity index (χ3n) is 3.31. The second-order valence-electron chi connectivity index (χ2n) is 5.22. The van der Waals surface area contributed by atoms with E-state index >= 15 is 0 Å². The predicted octanol–water partition coefficient (Wildman–Crippen LogP) is 2.97. The Morgan fingerprint density at radius 3 is 2.42 bits per heavy atom. The van der Waals surface area contributed by atoms with Crippen molar-refractivity contribution in [1.29, 1.82) is 0 Å². The van der Waals surface area contributed by atoms with Gasteiger partial charge in [-0.3, -0.25) is 0 Å². The Kier molecular flexibility index (Phi) is 7.98. The monoisotopic (exact) mass is 377 g/mol. The first-order valence-electron chi connectivity index (χ1n) is 7.40. The van der Waals surface area contributed by atoms with Crippen LogP contribution in [-0.4, -0.2) is 20.9 Å². The first-order valence-corrected chi connectivity index (χ1v) is 7.85. The SMILES string of the molecule is Cc1cc(NCc2ccccc2S)nc(Oc2ccc(F)cc2)n1.O.O. The summed E-state index contributed by atoms with van der Waals surface area (Å²) in [5.74, 6) is 0.810. The number of thiol groups is 1. The van der Waals surface area contributed by atoms with E-state index in [2.05, 4.69) is 27.9 Å². The van der Waals surface area contributed by atoms with E-state index < -0.39 is 0 Å². The van der Waals surface area contributed by atoms with Gasteiger partial charge in [-0.25, -0.2) is 9.37 Å². The van der Waals surface area contributed by atoms with E-state index in [1.807, 2.05) is 37.3 Å². The van der Waals surface area contributed by atoms with Gasteiger partial charge in [0.15, 0.2) is 0 Å². The van der Waals surface area contributed by atoms with Gasteiger partial charge >= 0.3 is 6.01 Å². The number of rotatable bonds is 5. The van der Waals surface area contributed by atoms with Crippen LogP contribution >= 0.6 is 12.6 Å². The number of benzene rings is 2. The maximum atomic E-state index is 12.9. The van der Waals surface area contributed by atoms with Crippen molar-refractivity contribution in [3.05, 3.63) is 71.7 Å². The fourth-order valence-corrected chi connectivity index (χ4v) is 2.37. The number of nitrogens with zero attached hydrogens (tertiary/aromatic N) is 2. The summed E-state index contributed by atoms with van der Waals surface area (Å²) in [5, 5.41) is 3.24. The Bertz CT molecular complexity index is 847. The summed E-state index contributed by atoms with van der Waals surface area (Å²) in [5.41, 5.74) is 1.84. The van der Waals surface area contributed by atoms with Crippen molar-refractivity contribution in [1.82, 2.24) is 9.97 Å². The number of ether oxygens (including phenoxy) is 1. The molecule has 1 heterocycles. The fraction of sp³-hybridized carbons (Fsp3) is 0.111. The maximum absolute atomic E-state index is 12.9. The van der Waals surface area contributed by atoms with Gasteiger partial charge in [-0.1, -0.05) is 18.2 Å². The molecule has 2 aromatic carbocycles. The molecule has 3 rings (SSSR count). The zero-order chi connectivity index (χ0) is 16.9. The Hall–Kier alpha value is -2.68. The minimum atomic E-state index is -0.319. The van der Waals surface area contributed by atoms with E-state index in [1.165, 1.54) is 24.3 Å². The van der Waals surface area contributed by atoms with Gasteiger partial charge < -0.3 is 21.0 Å². The van der Waals surface area contributed by atoms with Crippen molar-refractivity contribution in [2.24, 2.45) is 0 Å². The Balaban J connectivity index is 0.00000169.